The van der Waals surface area contributed by atoms with Gasteiger partial charge >= 0.3 is 0 Å². The van der Waals surface area contributed by atoms with Crippen LogP contribution in [-0.2, 0) is 4.79 Å². The molecule has 1 aromatic carbocycles. The molecule has 0 radical (unpaired) electrons. The molecule has 10 nitrogen and oxygen atoms in total. The van der Waals surface area contributed by atoms with Gasteiger partial charge in [-0.3, -0.25) is 9.59 Å². The van der Waals surface area contributed by atoms with Gasteiger partial charge in [-0.15, -0.1) is 0 Å². The Morgan fingerprint density at radius 1 is 1.15 bits per heavy atom. The third-order valence-electron chi connectivity index (χ3n) is 7.88. The highest BCUT2D eigenvalue weighted by molar-refractivity contribution is 6.19. The minimum Gasteiger partial charge on any atom is -0.497 e. The van der Waals surface area contributed by atoms with Crippen LogP contribution in [0.4, 0.5) is 0 Å². The molecule has 0 atom stereocenters. The summed E-state index contributed by atoms with van der Waals surface area (Å²) in [5, 5.41) is 13.1. The number of carbonyl (C=O) groups excluding carboxylic acids is 2. The summed E-state index contributed by atoms with van der Waals surface area (Å²) in [4.78, 5) is 29.7. The average Bonchev–Trinajstić information content (AvgIpc) is 3.70. The lowest BCUT2D eigenvalue weighted by Crippen LogP contribution is -2.58. The van der Waals surface area contributed by atoms with Crippen molar-refractivity contribution in [3.8, 4) is 17.2 Å². The molecule has 0 unspecified atom stereocenters. The van der Waals surface area contributed by atoms with E-state index in [0.717, 1.165) is 44.2 Å². The molecule has 1 spiro atoms. The number of aliphatic hydroxyl groups is 1. The number of methoxy groups -OCH3 is 1. The maximum absolute atomic E-state index is 13.2. The van der Waals surface area contributed by atoms with Gasteiger partial charge in [-0.2, -0.15) is 0 Å². The van der Waals surface area contributed by atoms with Crippen LogP contribution < -0.4 is 31.0 Å². The fourth-order valence-corrected chi connectivity index (χ4v) is 5.70. The predicted molar refractivity (Wildman–Crippen MR) is 149 cm³/mol. The van der Waals surface area contributed by atoms with Crippen molar-refractivity contribution in [2.75, 3.05) is 13.7 Å². The second-order valence-electron chi connectivity index (χ2n) is 12.0. The molecule has 5 rings (SSSR count). The van der Waals surface area contributed by atoms with Crippen LogP contribution in [0.1, 0.15) is 80.0 Å². The van der Waals surface area contributed by atoms with E-state index in [2.05, 4.69) is 5.32 Å². The van der Waals surface area contributed by atoms with Gasteiger partial charge in [0.25, 0.3) is 11.8 Å². The van der Waals surface area contributed by atoms with Gasteiger partial charge in [0.05, 0.1) is 41.3 Å². The molecule has 3 saturated carbocycles. The SMILES string of the molecule is COc1ccc(OC2CC3(CC(NC(=O)C(=CN)c4ccc(OCC(C)(C)O)c(C5CC5)n4)C3)C2)c(C(N)=O)c1. The first-order valence-electron chi connectivity index (χ1n) is 13.7. The van der Waals surface area contributed by atoms with E-state index in [1.165, 1.54) is 13.3 Å². The number of nitrogens with two attached hydrogens (primary N) is 2. The highest BCUT2D eigenvalue weighted by Gasteiger charge is 2.54. The number of aromatic nitrogens is 1. The summed E-state index contributed by atoms with van der Waals surface area (Å²) < 4.78 is 17.1. The number of carbonyl (C=O) groups is 2. The summed E-state index contributed by atoms with van der Waals surface area (Å²) in [5.41, 5.74) is 12.5. The van der Waals surface area contributed by atoms with E-state index in [1.54, 1.807) is 44.2 Å². The van der Waals surface area contributed by atoms with Crippen molar-refractivity contribution in [3.05, 3.63) is 53.5 Å². The highest BCUT2D eigenvalue weighted by Crippen LogP contribution is 2.57. The molecule has 40 heavy (non-hydrogen) atoms. The Balaban J connectivity index is 1.15. The molecule has 2 amide bonds. The van der Waals surface area contributed by atoms with Crippen molar-refractivity contribution in [2.45, 2.75) is 76.0 Å². The van der Waals surface area contributed by atoms with E-state index >= 15 is 0 Å². The molecular formula is C30H38N4O6. The van der Waals surface area contributed by atoms with E-state index in [9.17, 15) is 14.7 Å². The number of benzene rings is 1. The number of pyridine rings is 1. The monoisotopic (exact) mass is 550 g/mol. The molecule has 0 aliphatic heterocycles. The highest BCUT2D eigenvalue weighted by atomic mass is 16.5. The molecule has 2 aromatic rings. The first kappa shape index (κ1) is 27.8. The Bertz CT molecular complexity index is 1320. The fourth-order valence-electron chi connectivity index (χ4n) is 5.70. The molecule has 0 bridgehead atoms. The molecule has 3 aliphatic rings. The smallest absolute Gasteiger partial charge is 0.255 e. The van der Waals surface area contributed by atoms with E-state index in [1.807, 2.05) is 0 Å². The summed E-state index contributed by atoms with van der Waals surface area (Å²) in [5.74, 6) is 1.11. The van der Waals surface area contributed by atoms with Gasteiger partial charge in [-0.25, -0.2) is 4.98 Å². The first-order chi connectivity index (χ1) is 19.0. The molecule has 10 heteroatoms. The van der Waals surface area contributed by atoms with Gasteiger partial charge in [0.2, 0.25) is 0 Å². The minimum atomic E-state index is -0.962. The molecule has 3 aliphatic carbocycles. The molecule has 3 fully saturated rings. The number of primary amides is 1. The zero-order chi connectivity index (χ0) is 28.7. The Labute approximate surface area is 234 Å². The molecule has 1 heterocycles. The van der Waals surface area contributed by atoms with Crippen LogP contribution in [0.3, 0.4) is 0 Å². The van der Waals surface area contributed by atoms with Crippen LogP contribution in [0.5, 0.6) is 17.2 Å². The normalized spacial score (nSPS) is 24.1. The number of ether oxygens (including phenoxy) is 3. The summed E-state index contributed by atoms with van der Waals surface area (Å²) in [6.45, 7) is 3.52. The molecule has 0 saturated heterocycles. The van der Waals surface area contributed by atoms with Crippen LogP contribution in [0.15, 0.2) is 36.5 Å². The zero-order valence-corrected chi connectivity index (χ0v) is 23.2. The van der Waals surface area contributed by atoms with E-state index in [-0.39, 0.29) is 36.0 Å². The predicted octanol–water partition coefficient (Wildman–Crippen LogP) is 3.02. The van der Waals surface area contributed by atoms with Crippen LogP contribution >= 0.6 is 0 Å². The molecule has 6 N–H and O–H groups in total. The van der Waals surface area contributed by atoms with Crippen LogP contribution in [0.2, 0.25) is 0 Å². The number of hydrogen-bond acceptors (Lipinski definition) is 8. The van der Waals surface area contributed by atoms with E-state index in [4.69, 9.17) is 30.7 Å². The van der Waals surface area contributed by atoms with Crippen molar-refractivity contribution in [2.24, 2.45) is 16.9 Å². The standard InChI is InChI=1S/C30H38N4O6/c1-29(2,37)16-39-25-9-7-23(34-26(25)17-4-5-17)22(15-31)28(36)33-18-11-30(12-18)13-20(14-30)40-24-8-6-19(38-3)10-21(24)27(32)35/h6-10,15,17-18,20,37H,4-5,11-14,16,31H2,1-3H3,(H2,32,35)(H,33,36). The number of nitrogens with one attached hydrogen (secondary N) is 1. The van der Waals surface area contributed by atoms with Crippen molar-refractivity contribution < 1.29 is 28.9 Å². The molecule has 1 aromatic heterocycles. The Kier molecular flexibility index (Phi) is 7.39. The zero-order valence-electron chi connectivity index (χ0n) is 23.2. The number of hydrogen-bond donors (Lipinski definition) is 4. The summed E-state index contributed by atoms with van der Waals surface area (Å²) in [6, 6.07) is 8.62. The second kappa shape index (κ2) is 10.6. The Morgan fingerprint density at radius 3 is 2.45 bits per heavy atom. The van der Waals surface area contributed by atoms with Crippen molar-refractivity contribution in [3.63, 3.8) is 0 Å². The number of amides is 2. The minimum absolute atomic E-state index is 0.00941. The van der Waals surface area contributed by atoms with Gasteiger partial charge in [0.1, 0.15) is 23.9 Å². The average molecular weight is 551 g/mol. The fraction of sp³-hybridized carbons (Fsp3) is 0.500. The Hall–Kier alpha value is -3.79. The number of rotatable bonds is 11. The maximum Gasteiger partial charge on any atom is 0.255 e. The first-order valence-corrected chi connectivity index (χ1v) is 13.7. The lowest BCUT2D eigenvalue weighted by atomic mass is 9.53. The van der Waals surface area contributed by atoms with Crippen LogP contribution in [0, 0.1) is 5.41 Å². The van der Waals surface area contributed by atoms with Gasteiger partial charge in [-0.05, 0) is 88.1 Å². The Morgan fingerprint density at radius 2 is 1.85 bits per heavy atom. The van der Waals surface area contributed by atoms with Crippen LogP contribution in [-0.4, -0.2) is 53.4 Å². The second-order valence-corrected chi connectivity index (χ2v) is 12.0. The van der Waals surface area contributed by atoms with Crippen molar-refractivity contribution in [1.82, 2.24) is 10.3 Å². The van der Waals surface area contributed by atoms with E-state index in [0.29, 0.717) is 34.1 Å². The van der Waals surface area contributed by atoms with Gasteiger partial charge < -0.3 is 36.1 Å². The van der Waals surface area contributed by atoms with Gasteiger partial charge in [0, 0.05) is 18.2 Å². The van der Waals surface area contributed by atoms with Crippen molar-refractivity contribution >= 4 is 17.4 Å². The third kappa shape index (κ3) is 6.01. The third-order valence-corrected chi connectivity index (χ3v) is 7.88. The van der Waals surface area contributed by atoms with E-state index < -0.39 is 11.5 Å². The van der Waals surface area contributed by atoms with Gasteiger partial charge in [-0.1, -0.05) is 0 Å². The lowest BCUT2D eigenvalue weighted by molar-refractivity contribution is -0.122. The maximum atomic E-state index is 13.2. The summed E-state index contributed by atoms with van der Waals surface area (Å²) in [7, 11) is 1.53. The molecular weight excluding hydrogens is 512 g/mol. The quantitative estimate of drug-likeness (QED) is 0.311. The van der Waals surface area contributed by atoms with Gasteiger partial charge in [0.15, 0.2) is 0 Å². The number of nitrogens with zero attached hydrogens (tertiary/aromatic N) is 1. The lowest BCUT2D eigenvalue weighted by Gasteiger charge is -2.57. The topological polar surface area (TPSA) is 159 Å². The largest absolute Gasteiger partial charge is 0.497 e. The summed E-state index contributed by atoms with van der Waals surface area (Å²) in [6.07, 6.45) is 6.73. The molecule has 214 valence electrons. The van der Waals surface area contributed by atoms with Crippen LogP contribution in [0.25, 0.3) is 5.57 Å². The van der Waals surface area contributed by atoms with Crippen molar-refractivity contribution in [1.29, 1.82) is 0 Å². The summed E-state index contributed by atoms with van der Waals surface area (Å²) >= 11 is 0.